The molecule has 1 amide bonds. The number of pyridine rings is 1. The van der Waals surface area contributed by atoms with E-state index in [0.29, 0.717) is 28.7 Å². The molecule has 0 radical (unpaired) electrons. The van der Waals surface area contributed by atoms with Crippen LogP contribution >= 0.6 is 23.4 Å². The fourth-order valence-corrected chi connectivity index (χ4v) is 4.30. The summed E-state index contributed by atoms with van der Waals surface area (Å²) in [7, 11) is 0. The zero-order valence-electron chi connectivity index (χ0n) is 15.5. The van der Waals surface area contributed by atoms with Crippen molar-refractivity contribution in [2.24, 2.45) is 5.92 Å². The summed E-state index contributed by atoms with van der Waals surface area (Å²) in [4.78, 5) is 17.0. The third-order valence-corrected chi connectivity index (χ3v) is 6.23. The van der Waals surface area contributed by atoms with Crippen molar-refractivity contribution in [2.75, 3.05) is 11.1 Å². The minimum absolute atomic E-state index is 0.0711. The van der Waals surface area contributed by atoms with Crippen molar-refractivity contribution >= 4 is 35.0 Å². The molecular weight excluding hydrogens is 378 g/mol. The molecule has 0 aliphatic heterocycles. The molecular formula is C21H22ClN3OS. The summed E-state index contributed by atoms with van der Waals surface area (Å²) in [5, 5.41) is 13.7. The zero-order valence-corrected chi connectivity index (χ0v) is 17.1. The Morgan fingerprint density at radius 2 is 2.30 bits per heavy atom. The van der Waals surface area contributed by atoms with Crippen LogP contribution in [0.1, 0.15) is 42.1 Å². The van der Waals surface area contributed by atoms with Crippen LogP contribution in [0.4, 0.5) is 5.69 Å². The van der Waals surface area contributed by atoms with Crippen molar-refractivity contribution in [1.29, 1.82) is 5.26 Å². The summed E-state index contributed by atoms with van der Waals surface area (Å²) < 4.78 is 0. The smallest absolute Gasteiger partial charge is 0.225 e. The van der Waals surface area contributed by atoms with Crippen molar-refractivity contribution in [2.45, 2.75) is 44.6 Å². The molecule has 1 atom stereocenters. The van der Waals surface area contributed by atoms with E-state index in [1.807, 2.05) is 25.1 Å². The number of nitrogens with zero attached hydrogens (tertiary/aromatic N) is 2. The number of hydrogen-bond acceptors (Lipinski definition) is 4. The Labute approximate surface area is 169 Å². The average molecular weight is 400 g/mol. The summed E-state index contributed by atoms with van der Waals surface area (Å²) in [6.07, 6.45) is 3.43. The van der Waals surface area contributed by atoms with Crippen molar-refractivity contribution in [1.82, 2.24) is 4.98 Å². The van der Waals surface area contributed by atoms with Gasteiger partial charge in [0.25, 0.3) is 0 Å². The molecule has 6 heteroatoms. The molecule has 1 aliphatic carbocycles. The molecule has 0 fully saturated rings. The van der Waals surface area contributed by atoms with E-state index in [1.54, 1.807) is 6.07 Å². The summed E-state index contributed by atoms with van der Waals surface area (Å²) in [5.41, 5.74) is 4.50. The molecule has 140 valence electrons. The molecule has 0 bridgehead atoms. The standard InChI is InChI=1S/C21H22ClN3OS/c1-13-6-7-19-15(10-13)11-16(12-23)21(25-19)27-9-8-20(26)24-18-5-3-4-17(22)14(18)2/h3-5,11,13H,6-10H2,1-2H3,(H,24,26). The van der Waals surface area contributed by atoms with E-state index in [4.69, 9.17) is 16.6 Å². The Hall–Kier alpha value is -2.03. The van der Waals surface area contributed by atoms with E-state index in [1.165, 1.54) is 17.3 Å². The van der Waals surface area contributed by atoms with Crippen molar-refractivity contribution in [3.8, 4) is 6.07 Å². The van der Waals surface area contributed by atoms with Crippen molar-refractivity contribution < 1.29 is 4.79 Å². The van der Waals surface area contributed by atoms with Crippen LogP contribution < -0.4 is 5.32 Å². The highest BCUT2D eigenvalue weighted by Crippen LogP contribution is 2.30. The lowest BCUT2D eigenvalue weighted by Gasteiger charge is -2.21. The number of aromatic nitrogens is 1. The minimum Gasteiger partial charge on any atom is -0.326 e. The number of thioether (sulfide) groups is 1. The van der Waals surface area contributed by atoms with Crippen LogP contribution in [-0.2, 0) is 17.6 Å². The first-order valence-electron chi connectivity index (χ1n) is 9.08. The highest BCUT2D eigenvalue weighted by Gasteiger charge is 2.19. The van der Waals surface area contributed by atoms with Crippen LogP contribution in [-0.4, -0.2) is 16.6 Å². The van der Waals surface area contributed by atoms with Gasteiger partial charge in [0.05, 0.1) is 5.56 Å². The molecule has 1 aliphatic rings. The van der Waals surface area contributed by atoms with E-state index in [2.05, 4.69) is 18.3 Å². The second-order valence-electron chi connectivity index (χ2n) is 6.97. The number of carbonyl (C=O) groups excluding carboxylic acids is 1. The van der Waals surface area contributed by atoms with Gasteiger partial charge in [-0.25, -0.2) is 4.98 Å². The van der Waals surface area contributed by atoms with E-state index in [0.717, 1.165) is 41.2 Å². The Kier molecular flexibility index (Phi) is 6.41. The number of aryl methyl sites for hydroxylation is 1. The number of benzene rings is 1. The van der Waals surface area contributed by atoms with E-state index in [9.17, 15) is 10.1 Å². The average Bonchev–Trinajstić information content (AvgIpc) is 2.65. The topological polar surface area (TPSA) is 65.8 Å². The Morgan fingerprint density at radius 1 is 1.48 bits per heavy atom. The molecule has 4 nitrogen and oxygen atoms in total. The van der Waals surface area contributed by atoms with Gasteiger partial charge in [0.1, 0.15) is 11.1 Å². The molecule has 1 heterocycles. The van der Waals surface area contributed by atoms with E-state index < -0.39 is 0 Å². The highest BCUT2D eigenvalue weighted by atomic mass is 35.5. The number of amides is 1. The van der Waals surface area contributed by atoms with Gasteiger partial charge in [-0.1, -0.05) is 24.6 Å². The molecule has 27 heavy (non-hydrogen) atoms. The number of hydrogen-bond donors (Lipinski definition) is 1. The molecule has 1 aromatic carbocycles. The summed E-state index contributed by atoms with van der Waals surface area (Å²) >= 11 is 7.56. The van der Waals surface area contributed by atoms with E-state index in [-0.39, 0.29) is 5.91 Å². The Morgan fingerprint density at radius 3 is 3.07 bits per heavy atom. The number of halogens is 1. The third-order valence-electron chi connectivity index (χ3n) is 4.83. The molecule has 3 rings (SSSR count). The molecule has 1 aromatic heterocycles. The predicted molar refractivity (Wildman–Crippen MR) is 110 cm³/mol. The Bertz CT molecular complexity index is 907. The number of fused-ring (bicyclic) bond motifs is 1. The first kappa shape index (κ1) is 19.7. The van der Waals surface area contributed by atoms with Crippen molar-refractivity contribution in [3.63, 3.8) is 0 Å². The Balaban J connectivity index is 1.61. The third kappa shape index (κ3) is 4.82. The van der Waals surface area contributed by atoms with Crippen molar-refractivity contribution in [3.05, 3.63) is 51.7 Å². The maximum atomic E-state index is 12.2. The summed E-state index contributed by atoms with van der Waals surface area (Å²) in [6.45, 7) is 4.11. The SMILES string of the molecule is Cc1c(Cl)cccc1NC(=O)CCSc1nc2c(cc1C#N)CC(C)CC2. The van der Waals surface area contributed by atoms with Gasteiger partial charge >= 0.3 is 0 Å². The highest BCUT2D eigenvalue weighted by molar-refractivity contribution is 7.99. The van der Waals surface area contributed by atoms with Gasteiger partial charge in [-0.3, -0.25) is 4.79 Å². The number of anilines is 1. The van der Waals surface area contributed by atoms with Crippen LogP contribution in [0.15, 0.2) is 29.3 Å². The van der Waals surface area contributed by atoms with E-state index >= 15 is 0 Å². The first-order valence-corrected chi connectivity index (χ1v) is 10.4. The lowest BCUT2D eigenvalue weighted by Crippen LogP contribution is -2.15. The summed E-state index contributed by atoms with van der Waals surface area (Å²) in [5.74, 6) is 1.14. The largest absolute Gasteiger partial charge is 0.326 e. The normalized spacial score (nSPS) is 15.7. The number of nitrogens with one attached hydrogen (secondary N) is 1. The summed E-state index contributed by atoms with van der Waals surface area (Å²) in [6, 6.07) is 9.69. The minimum atomic E-state index is -0.0711. The predicted octanol–water partition coefficient (Wildman–Crippen LogP) is 5.16. The zero-order chi connectivity index (χ0) is 19.4. The van der Waals surface area contributed by atoms with Gasteiger partial charge in [0, 0.05) is 28.6 Å². The molecule has 1 unspecified atom stereocenters. The number of nitriles is 1. The lowest BCUT2D eigenvalue weighted by atomic mass is 9.87. The van der Waals surface area contributed by atoms with Gasteiger partial charge in [-0.15, -0.1) is 11.8 Å². The van der Waals surface area contributed by atoms with Crippen LogP contribution in [0.3, 0.4) is 0 Å². The molecule has 2 aromatic rings. The number of carbonyl (C=O) groups is 1. The van der Waals surface area contributed by atoms with Crippen LogP contribution in [0.5, 0.6) is 0 Å². The van der Waals surface area contributed by atoms with Gasteiger partial charge in [-0.05, 0) is 61.4 Å². The fourth-order valence-electron chi connectivity index (χ4n) is 3.21. The number of rotatable bonds is 5. The molecule has 1 N–H and O–H groups in total. The second kappa shape index (κ2) is 8.77. The molecule has 0 spiro atoms. The van der Waals surface area contributed by atoms with Crippen LogP contribution in [0.25, 0.3) is 0 Å². The quantitative estimate of drug-likeness (QED) is 0.705. The van der Waals surface area contributed by atoms with Gasteiger partial charge in [0.2, 0.25) is 5.91 Å². The maximum absolute atomic E-state index is 12.2. The van der Waals surface area contributed by atoms with Gasteiger partial charge in [0.15, 0.2) is 0 Å². The van der Waals surface area contributed by atoms with Crippen LogP contribution in [0, 0.1) is 24.2 Å². The molecule has 0 saturated carbocycles. The second-order valence-corrected chi connectivity index (χ2v) is 8.46. The first-order chi connectivity index (χ1) is 13.0. The van der Waals surface area contributed by atoms with Gasteiger partial charge in [-0.2, -0.15) is 5.26 Å². The van der Waals surface area contributed by atoms with Gasteiger partial charge < -0.3 is 5.32 Å². The molecule has 0 saturated heterocycles. The van der Waals surface area contributed by atoms with Crippen LogP contribution in [0.2, 0.25) is 5.02 Å². The maximum Gasteiger partial charge on any atom is 0.225 e. The lowest BCUT2D eigenvalue weighted by molar-refractivity contribution is -0.115. The monoisotopic (exact) mass is 399 g/mol. The fraction of sp³-hybridized carbons (Fsp3) is 0.381.